The van der Waals surface area contributed by atoms with Gasteiger partial charge in [-0.3, -0.25) is 14.4 Å². The number of nitrogens with one attached hydrogen (secondary N) is 2. The first-order valence-electron chi connectivity index (χ1n) is 11.6. The van der Waals surface area contributed by atoms with Gasteiger partial charge in [0, 0.05) is 19.0 Å². The molecule has 1 heterocycles. The van der Waals surface area contributed by atoms with E-state index in [0.29, 0.717) is 6.42 Å². The molecule has 168 valence electrons. The van der Waals surface area contributed by atoms with Gasteiger partial charge in [0.25, 0.3) is 0 Å². The third kappa shape index (κ3) is 4.13. The second-order valence-corrected chi connectivity index (χ2v) is 8.98. The average molecular weight is 420 g/mol. The summed E-state index contributed by atoms with van der Waals surface area (Å²) in [5.74, 6) is -1.93. The second kappa shape index (κ2) is 9.94. The van der Waals surface area contributed by atoms with Crippen molar-refractivity contribution in [2.75, 3.05) is 13.7 Å². The summed E-state index contributed by atoms with van der Waals surface area (Å²) in [4.78, 5) is 41.4. The molecule has 0 aromatic rings. The minimum Gasteiger partial charge on any atom is -0.394 e. The summed E-state index contributed by atoms with van der Waals surface area (Å²) in [5.41, 5.74) is 0. The van der Waals surface area contributed by atoms with E-state index in [1.165, 1.54) is 6.42 Å². The Bertz CT molecular complexity index is 669. The molecule has 30 heavy (non-hydrogen) atoms. The van der Waals surface area contributed by atoms with E-state index in [1.807, 2.05) is 26.0 Å². The van der Waals surface area contributed by atoms with E-state index in [4.69, 9.17) is 0 Å². The maximum atomic E-state index is 13.6. The number of amides is 3. The number of carbonyl (C=O) groups excluding carboxylic acids is 3. The number of allylic oxidation sites excluding steroid dienone is 1. The number of rotatable bonds is 7. The minimum atomic E-state index is -0.678. The van der Waals surface area contributed by atoms with E-state index >= 15 is 0 Å². The van der Waals surface area contributed by atoms with Crippen LogP contribution in [-0.2, 0) is 14.4 Å². The molecule has 1 saturated carbocycles. The molecule has 2 aliphatic carbocycles. The van der Waals surface area contributed by atoms with Gasteiger partial charge in [-0.25, -0.2) is 0 Å². The van der Waals surface area contributed by atoms with Crippen molar-refractivity contribution in [2.24, 2.45) is 23.7 Å². The molecule has 1 saturated heterocycles. The van der Waals surface area contributed by atoms with Crippen LogP contribution in [0.5, 0.6) is 0 Å². The molecule has 0 bridgehead atoms. The normalized spacial score (nSPS) is 32.6. The van der Waals surface area contributed by atoms with Crippen molar-refractivity contribution in [3.8, 4) is 0 Å². The number of likely N-dealkylation sites (tertiary alicyclic amines) is 1. The van der Waals surface area contributed by atoms with E-state index in [0.717, 1.165) is 32.1 Å². The minimum absolute atomic E-state index is 0.0358. The number of hydrogen-bond acceptors (Lipinski definition) is 4. The van der Waals surface area contributed by atoms with Crippen LogP contribution in [0.3, 0.4) is 0 Å². The largest absolute Gasteiger partial charge is 0.394 e. The molecule has 0 unspecified atom stereocenters. The predicted molar refractivity (Wildman–Crippen MR) is 114 cm³/mol. The topological polar surface area (TPSA) is 98.7 Å². The molecular weight excluding hydrogens is 382 g/mol. The standard InChI is InChI=1S/C23H37N3O4/c1-4-14-11-12-17-19(18(14)21(28)24-3)23(30)26(16(5-2)13-27)20(17)22(29)25-15-9-7-6-8-10-15/h11-12,14-20,27H,4-10,13H2,1-3H3,(H,24,28)(H,25,29)/t14-,16+,17+,18-,19-,20+/m1/s1. The Balaban J connectivity index is 1.96. The Hall–Kier alpha value is -1.89. The van der Waals surface area contributed by atoms with E-state index in [2.05, 4.69) is 10.6 Å². The highest BCUT2D eigenvalue weighted by Gasteiger charge is 2.58. The Morgan fingerprint density at radius 3 is 2.43 bits per heavy atom. The zero-order valence-corrected chi connectivity index (χ0v) is 18.5. The smallest absolute Gasteiger partial charge is 0.243 e. The van der Waals surface area contributed by atoms with Gasteiger partial charge in [0.15, 0.2) is 0 Å². The van der Waals surface area contributed by atoms with Crippen LogP contribution in [0, 0.1) is 23.7 Å². The quantitative estimate of drug-likeness (QED) is 0.546. The molecule has 0 aromatic heterocycles. The van der Waals surface area contributed by atoms with Crippen LogP contribution in [0.4, 0.5) is 0 Å². The van der Waals surface area contributed by atoms with Crippen LogP contribution < -0.4 is 10.6 Å². The molecule has 3 aliphatic rings. The van der Waals surface area contributed by atoms with Gasteiger partial charge in [-0.15, -0.1) is 0 Å². The Morgan fingerprint density at radius 1 is 1.17 bits per heavy atom. The van der Waals surface area contributed by atoms with Crippen LogP contribution in [0.2, 0.25) is 0 Å². The lowest BCUT2D eigenvalue weighted by Crippen LogP contribution is -2.54. The number of aliphatic hydroxyl groups is 1. The highest BCUT2D eigenvalue weighted by Crippen LogP contribution is 2.45. The maximum Gasteiger partial charge on any atom is 0.243 e. The maximum absolute atomic E-state index is 13.6. The van der Waals surface area contributed by atoms with Gasteiger partial charge in [0.1, 0.15) is 6.04 Å². The lowest BCUT2D eigenvalue weighted by atomic mass is 9.68. The number of hydrogen-bond donors (Lipinski definition) is 3. The van der Waals surface area contributed by atoms with E-state index in [9.17, 15) is 19.5 Å². The summed E-state index contributed by atoms with van der Waals surface area (Å²) >= 11 is 0. The zero-order chi connectivity index (χ0) is 21.8. The van der Waals surface area contributed by atoms with Crippen LogP contribution >= 0.6 is 0 Å². The summed E-state index contributed by atoms with van der Waals surface area (Å²) < 4.78 is 0. The van der Waals surface area contributed by atoms with Crippen molar-refractivity contribution < 1.29 is 19.5 Å². The molecule has 3 rings (SSSR count). The highest BCUT2D eigenvalue weighted by molar-refractivity contribution is 5.97. The fourth-order valence-electron chi connectivity index (χ4n) is 5.70. The van der Waals surface area contributed by atoms with Crippen molar-refractivity contribution in [3.63, 3.8) is 0 Å². The second-order valence-electron chi connectivity index (χ2n) is 8.98. The first-order valence-corrected chi connectivity index (χ1v) is 11.6. The van der Waals surface area contributed by atoms with Crippen molar-refractivity contribution >= 4 is 17.7 Å². The lowest BCUT2D eigenvalue weighted by Gasteiger charge is -2.35. The molecule has 6 atom stereocenters. The van der Waals surface area contributed by atoms with Gasteiger partial charge in [0.05, 0.1) is 24.5 Å². The summed E-state index contributed by atoms with van der Waals surface area (Å²) in [7, 11) is 1.59. The molecular formula is C23H37N3O4. The van der Waals surface area contributed by atoms with E-state index < -0.39 is 23.9 Å². The molecule has 3 amide bonds. The van der Waals surface area contributed by atoms with Gasteiger partial charge >= 0.3 is 0 Å². The molecule has 7 heteroatoms. The van der Waals surface area contributed by atoms with Gasteiger partial charge < -0.3 is 20.6 Å². The Kier molecular flexibility index (Phi) is 7.55. The molecule has 7 nitrogen and oxygen atoms in total. The number of aliphatic hydroxyl groups excluding tert-OH is 1. The van der Waals surface area contributed by atoms with Gasteiger partial charge in [-0.1, -0.05) is 45.3 Å². The molecule has 0 spiro atoms. The van der Waals surface area contributed by atoms with E-state index in [1.54, 1.807) is 11.9 Å². The third-order valence-corrected chi connectivity index (χ3v) is 7.36. The SMILES string of the molecule is CC[C@@H](CO)N1C(=O)[C@@H]2[C@H](C=C[C@@H](CC)[C@H]2C(=O)NC)[C@H]1C(=O)NC1CCCCC1. The average Bonchev–Trinajstić information content (AvgIpc) is 3.06. The fourth-order valence-corrected chi connectivity index (χ4v) is 5.70. The summed E-state index contributed by atoms with van der Waals surface area (Å²) in [6, 6.07) is -0.964. The van der Waals surface area contributed by atoms with Gasteiger partial charge in [-0.05, 0) is 31.6 Å². The molecule has 0 aromatic carbocycles. The fraction of sp³-hybridized carbons (Fsp3) is 0.783. The molecule has 1 aliphatic heterocycles. The van der Waals surface area contributed by atoms with Crippen LogP contribution in [-0.4, -0.2) is 59.5 Å². The van der Waals surface area contributed by atoms with Crippen LogP contribution in [0.1, 0.15) is 58.8 Å². The van der Waals surface area contributed by atoms with Crippen molar-refractivity contribution in [1.82, 2.24) is 15.5 Å². The molecule has 0 radical (unpaired) electrons. The zero-order valence-electron chi connectivity index (χ0n) is 18.5. The molecule has 2 fully saturated rings. The molecule has 3 N–H and O–H groups in total. The van der Waals surface area contributed by atoms with Gasteiger partial charge in [0.2, 0.25) is 17.7 Å². The van der Waals surface area contributed by atoms with Crippen LogP contribution in [0.25, 0.3) is 0 Å². The summed E-state index contributed by atoms with van der Waals surface area (Å²) in [6.07, 6.45) is 10.6. The Morgan fingerprint density at radius 2 is 1.87 bits per heavy atom. The number of nitrogens with zero attached hydrogens (tertiary/aromatic N) is 1. The number of fused-ring (bicyclic) bond motifs is 1. The Labute approximate surface area is 179 Å². The predicted octanol–water partition coefficient (Wildman–Crippen LogP) is 1.61. The lowest BCUT2D eigenvalue weighted by molar-refractivity contribution is -0.143. The highest BCUT2D eigenvalue weighted by atomic mass is 16.3. The first kappa shape index (κ1) is 22.8. The van der Waals surface area contributed by atoms with Crippen LogP contribution in [0.15, 0.2) is 12.2 Å². The monoisotopic (exact) mass is 419 g/mol. The van der Waals surface area contributed by atoms with E-state index in [-0.39, 0.29) is 42.2 Å². The van der Waals surface area contributed by atoms with Crippen molar-refractivity contribution in [2.45, 2.75) is 76.9 Å². The summed E-state index contributed by atoms with van der Waals surface area (Å²) in [6.45, 7) is 3.73. The third-order valence-electron chi connectivity index (χ3n) is 7.36. The van der Waals surface area contributed by atoms with Crippen molar-refractivity contribution in [3.05, 3.63) is 12.2 Å². The first-order chi connectivity index (χ1) is 14.5. The van der Waals surface area contributed by atoms with Gasteiger partial charge in [-0.2, -0.15) is 0 Å². The van der Waals surface area contributed by atoms with Crippen molar-refractivity contribution in [1.29, 1.82) is 0 Å². The summed E-state index contributed by atoms with van der Waals surface area (Å²) in [5, 5.41) is 15.9. The number of carbonyl (C=O) groups is 3.